The number of rotatable bonds is 6. The lowest BCUT2D eigenvalue weighted by molar-refractivity contribution is 0.165. The normalized spacial score (nSPS) is 12.0. The summed E-state index contributed by atoms with van der Waals surface area (Å²) in [6.07, 6.45) is 1.68. The number of aryl methyl sites for hydroxylation is 2. The third-order valence-corrected chi connectivity index (χ3v) is 3.76. The van der Waals surface area contributed by atoms with Crippen molar-refractivity contribution in [2.24, 2.45) is 14.1 Å². The van der Waals surface area contributed by atoms with Crippen LogP contribution in [0.15, 0.2) is 36.5 Å². The Morgan fingerprint density at radius 3 is 2.58 bits per heavy atom. The minimum Gasteiger partial charge on any atom is -0.382 e. The fourth-order valence-electron chi connectivity index (χ4n) is 2.52. The van der Waals surface area contributed by atoms with Gasteiger partial charge >= 0.3 is 6.03 Å². The van der Waals surface area contributed by atoms with Gasteiger partial charge in [-0.1, -0.05) is 0 Å². The molecule has 2 aromatic heterocycles. The predicted molar refractivity (Wildman–Crippen MR) is 94.2 cm³/mol. The van der Waals surface area contributed by atoms with Gasteiger partial charge in [0.15, 0.2) is 0 Å². The number of ether oxygens (including phenoxy) is 1. The summed E-state index contributed by atoms with van der Waals surface area (Å²) in [6.45, 7) is 0.338. The van der Waals surface area contributed by atoms with Gasteiger partial charge in [0.05, 0.1) is 25.4 Å². The minimum absolute atomic E-state index is 0.310. The number of urea groups is 1. The van der Waals surface area contributed by atoms with E-state index in [4.69, 9.17) is 4.74 Å². The molecule has 2 N–H and O–H groups in total. The van der Waals surface area contributed by atoms with Crippen molar-refractivity contribution in [3.8, 4) is 11.4 Å². The second kappa shape index (κ2) is 7.74. The van der Waals surface area contributed by atoms with Crippen molar-refractivity contribution in [3.63, 3.8) is 0 Å². The van der Waals surface area contributed by atoms with Crippen LogP contribution in [0.25, 0.3) is 11.4 Å². The van der Waals surface area contributed by atoms with Crippen molar-refractivity contribution in [1.29, 1.82) is 0 Å². The number of aromatic nitrogens is 6. The van der Waals surface area contributed by atoms with E-state index in [1.807, 2.05) is 25.2 Å². The van der Waals surface area contributed by atoms with E-state index in [1.54, 1.807) is 37.2 Å². The first-order valence-electron chi connectivity index (χ1n) is 7.95. The lowest BCUT2D eigenvalue weighted by atomic mass is 10.2. The molecule has 0 radical (unpaired) electrons. The highest BCUT2D eigenvalue weighted by atomic mass is 16.5. The van der Waals surface area contributed by atoms with Gasteiger partial charge in [-0.05, 0) is 35.5 Å². The lowest BCUT2D eigenvalue weighted by Gasteiger charge is -2.18. The average molecular weight is 356 g/mol. The van der Waals surface area contributed by atoms with Crippen LogP contribution in [0.2, 0.25) is 0 Å². The molecule has 0 aliphatic heterocycles. The maximum absolute atomic E-state index is 12.3. The summed E-state index contributed by atoms with van der Waals surface area (Å²) in [7, 11) is 5.11. The zero-order valence-corrected chi connectivity index (χ0v) is 14.7. The number of carbonyl (C=O) groups excluding carboxylic acids is 1. The first kappa shape index (κ1) is 17.5. The zero-order chi connectivity index (χ0) is 18.5. The van der Waals surface area contributed by atoms with Gasteiger partial charge in [0.2, 0.25) is 5.82 Å². The number of nitrogens with zero attached hydrogens (tertiary/aromatic N) is 6. The first-order valence-corrected chi connectivity index (χ1v) is 7.95. The maximum Gasteiger partial charge on any atom is 0.319 e. The van der Waals surface area contributed by atoms with Crippen molar-refractivity contribution in [2.45, 2.75) is 6.04 Å². The molecule has 2 heterocycles. The van der Waals surface area contributed by atoms with Gasteiger partial charge < -0.3 is 15.4 Å². The van der Waals surface area contributed by atoms with E-state index in [9.17, 15) is 4.79 Å². The van der Waals surface area contributed by atoms with Crippen LogP contribution in [0, 0.1) is 0 Å². The Labute approximate surface area is 150 Å². The molecule has 0 fully saturated rings. The van der Waals surface area contributed by atoms with Crippen LogP contribution in [-0.4, -0.2) is 49.7 Å². The molecule has 3 rings (SSSR count). The van der Waals surface area contributed by atoms with E-state index in [1.165, 1.54) is 4.80 Å². The molecule has 0 bridgehead atoms. The van der Waals surface area contributed by atoms with Crippen LogP contribution in [0.5, 0.6) is 0 Å². The SMILES string of the molecule is COC[C@@H](NC(=O)Nc1ccc(-c2nnn(C)n2)cc1)c1ccnn1C. The highest BCUT2D eigenvalue weighted by Gasteiger charge is 2.17. The minimum atomic E-state index is -0.335. The van der Waals surface area contributed by atoms with E-state index in [0.29, 0.717) is 18.1 Å². The molecule has 0 spiro atoms. The van der Waals surface area contributed by atoms with Crippen molar-refractivity contribution in [2.75, 3.05) is 19.0 Å². The Kier molecular flexibility index (Phi) is 5.23. The molecule has 136 valence electrons. The number of benzene rings is 1. The first-order chi connectivity index (χ1) is 12.6. The largest absolute Gasteiger partial charge is 0.382 e. The average Bonchev–Trinajstić information content (AvgIpc) is 3.23. The van der Waals surface area contributed by atoms with Crippen LogP contribution in [-0.2, 0) is 18.8 Å². The van der Waals surface area contributed by atoms with Crippen LogP contribution < -0.4 is 10.6 Å². The molecule has 0 aliphatic carbocycles. The molecule has 1 atom stereocenters. The van der Waals surface area contributed by atoms with Gasteiger partial charge in [0.1, 0.15) is 0 Å². The van der Waals surface area contributed by atoms with E-state index >= 15 is 0 Å². The van der Waals surface area contributed by atoms with Crippen LogP contribution >= 0.6 is 0 Å². The number of nitrogens with one attached hydrogen (secondary N) is 2. The highest BCUT2D eigenvalue weighted by molar-refractivity contribution is 5.89. The Hall–Kier alpha value is -3.27. The van der Waals surface area contributed by atoms with Crippen LogP contribution in [0.4, 0.5) is 10.5 Å². The molecule has 0 saturated carbocycles. The summed E-state index contributed by atoms with van der Waals surface area (Å²) in [5.41, 5.74) is 2.32. The van der Waals surface area contributed by atoms with Gasteiger partial charge in [-0.3, -0.25) is 4.68 Å². The van der Waals surface area contributed by atoms with Gasteiger partial charge in [-0.25, -0.2) is 4.79 Å². The van der Waals surface area contributed by atoms with E-state index in [0.717, 1.165) is 11.3 Å². The quantitative estimate of drug-likeness (QED) is 0.684. The molecule has 0 unspecified atom stereocenters. The summed E-state index contributed by atoms with van der Waals surface area (Å²) >= 11 is 0. The molecule has 0 saturated heterocycles. The summed E-state index contributed by atoms with van der Waals surface area (Å²) in [6, 6.07) is 8.39. The van der Waals surface area contributed by atoms with Crippen molar-refractivity contribution in [3.05, 3.63) is 42.2 Å². The lowest BCUT2D eigenvalue weighted by Crippen LogP contribution is -2.35. The fraction of sp³-hybridized carbons (Fsp3) is 0.312. The second-order valence-electron chi connectivity index (χ2n) is 5.67. The molecule has 3 aromatic rings. The van der Waals surface area contributed by atoms with Crippen molar-refractivity contribution >= 4 is 11.7 Å². The molecule has 10 heteroatoms. The summed E-state index contributed by atoms with van der Waals surface area (Å²) in [5, 5.41) is 21.7. The second-order valence-corrected chi connectivity index (χ2v) is 5.67. The highest BCUT2D eigenvalue weighted by Crippen LogP contribution is 2.17. The molecule has 26 heavy (non-hydrogen) atoms. The smallest absolute Gasteiger partial charge is 0.319 e. The van der Waals surface area contributed by atoms with Crippen molar-refractivity contribution < 1.29 is 9.53 Å². The molecular formula is C16H20N8O2. The van der Waals surface area contributed by atoms with Gasteiger partial charge in [-0.2, -0.15) is 9.90 Å². The summed E-state index contributed by atoms with van der Waals surface area (Å²) in [4.78, 5) is 13.7. The zero-order valence-electron chi connectivity index (χ0n) is 14.7. The number of anilines is 1. The number of hydrogen-bond acceptors (Lipinski definition) is 6. The molecule has 0 aliphatic rings. The molecule has 10 nitrogen and oxygen atoms in total. The summed E-state index contributed by atoms with van der Waals surface area (Å²) < 4.78 is 6.90. The van der Waals surface area contributed by atoms with E-state index in [2.05, 4.69) is 31.1 Å². The van der Waals surface area contributed by atoms with E-state index < -0.39 is 0 Å². The topological polar surface area (TPSA) is 112 Å². The summed E-state index contributed by atoms with van der Waals surface area (Å²) in [5.74, 6) is 0.528. The Morgan fingerprint density at radius 2 is 2.00 bits per heavy atom. The predicted octanol–water partition coefficient (Wildman–Crippen LogP) is 1.12. The van der Waals surface area contributed by atoms with Gasteiger partial charge in [-0.15, -0.1) is 10.2 Å². The monoisotopic (exact) mass is 356 g/mol. The standard InChI is InChI=1S/C16H20N8O2/c1-23-14(8-9-17-23)13(10-26-3)19-16(25)18-12-6-4-11(5-7-12)15-20-22-24(2)21-15/h4-9,13H,10H2,1-3H3,(H2,18,19,25)/t13-/m1/s1. The van der Waals surface area contributed by atoms with Crippen LogP contribution in [0.1, 0.15) is 11.7 Å². The van der Waals surface area contributed by atoms with E-state index in [-0.39, 0.29) is 12.1 Å². The van der Waals surface area contributed by atoms with Crippen molar-refractivity contribution in [1.82, 2.24) is 35.3 Å². The Morgan fingerprint density at radius 1 is 1.23 bits per heavy atom. The fourth-order valence-corrected chi connectivity index (χ4v) is 2.52. The maximum atomic E-state index is 12.3. The number of tetrazole rings is 1. The van der Waals surface area contributed by atoms with Crippen LogP contribution in [0.3, 0.4) is 0 Å². The number of amides is 2. The van der Waals surface area contributed by atoms with Gasteiger partial charge in [0.25, 0.3) is 0 Å². The number of carbonyl (C=O) groups is 1. The third kappa shape index (κ3) is 4.03. The molecule has 1 aromatic carbocycles. The molecular weight excluding hydrogens is 336 g/mol. The Balaban J connectivity index is 1.64. The Bertz CT molecular complexity index is 871. The third-order valence-electron chi connectivity index (χ3n) is 3.76. The number of hydrogen-bond donors (Lipinski definition) is 2. The van der Waals surface area contributed by atoms with Gasteiger partial charge in [0, 0.05) is 31.6 Å². The number of methoxy groups -OCH3 is 1. The molecule has 2 amide bonds.